The minimum absolute atomic E-state index is 0.0322. The summed E-state index contributed by atoms with van der Waals surface area (Å²) in [5.41, 5.74) is 0.639. The zero-order chi connectivity index (χ0) is 16.6. The molecular formula is C19H17NO3. The maximum atomic E-state index is 12.7. The Labute approximate surface area is 134 Å². The Morgan fingerprint density at radius 1 is 1.00 bits per heavy atom. The molecule has 0 N–H and O–H groups in total. The lowest BCUT2D eigenvalue weighted by Crippen LogP contribution is -2.52. The monoisotopic (exact) mass is 307 g/mol. The highest BCUT2D eigenvalue weighted by molar-refractivity contribution is 6.14. The third kappa shape index (κ3) is 2.36. The van der Waals surface area contributed by atoms with Crippen molar-refractivity contribution in [3.05, 3.63) is 71.3 Å². The van der Waals surface area contributed by atoms with E-state index in [-0.39, 0.29) is 24.0 Å². The van der Waals surface area contributed by atoms with Gasteiger partial charge in [-0.2, -0.15) is 0 Å². The number of benzene rings is 2. The molecule has 2 aromatic carbocycles. The van der Waals surface area contributed by atoms with Gasteiger partial charge in [-0.25, -0.2) is 0 Å². The van der Waals surface area contributed by atoms with Crippen LogP contribution in [0.4, 0.5) is 0 Å². The average Bonchev–Trinajstić information content (AvgIpc) is 2.59. The average molecular weight is 307 g/mol. The quantitative estimate of drug-likeness (QED) is 0.647. The van der Waals surface area contributed by atoms with Crippen LogP contribution in [0, 0.1) is 0 Å². The van der Waals surface area contributed by atoms with Crippen LogP contribution in [-0.2, 0) is 10.2 Å². The van der Waals surface area contributed by atoms with Crippen LogP contribution in [0.25, 0.3) is 0 Å². The minimum atomic E-state index is -1.04. The number of carbonyl (C=O) groups is 3. The molecule has 2 amide bonds. The van der Waals surface area contributed by atoms with Gasteiger partial charge in [-0.15, -0.1) is 0 Å². The van der Waals surface area contributed by atoms with E-state index in [1.807, 2.05) is 6.07 Å². The largest absolute Gasteiger partial charge is 0.294 e. The lowest BCUT2D eigenvalue weighted by Gasteiger charge is -2.37. The molecule has 116 valence electrons. The summed E-state index contributed by atoms with van der Waals surface area (Å²) >= 11 is 0. The number of ketones is 1. The molecule has 2 aromatic rings. The highest BCUT2D eigenvalue weighted by Gasteiger charge is 2.47. The normalized spacial score (nSPS) is 20.3. The maximum Gasteiger partial charge on any atom is 0.260 e. The highest BCUT2D eigenvalue weighted by atomic mass is 16.2. The molecule has 0 bridgehead atoms. The van der Waals surface area contributed by atoms with Crippen LogP contribution in [0.5, 0.6) is 0 Å². The van der Waals surface area contributed by atoms with E-state index >= 15 is 0 Å². The topological polar surface area (TPSA) is 54.5 Å². The zero-order valence-corrected chi connectivity index (χ0v) is 13.1. The molecule has 1 atom stereocenters. The fourth-order valence-corrected chi connectivity index (χ4v) is 3.13. The van der Waals surface area contributed by atoms with E-state index in [1.54, 1.807) is 55.5 Å². The van der Waals surface area contributed by atoms with Gasteiger partial charge in [-0.1, -0.05) is 48.5 Å². The first-order valence-corrected chi connectivity index (χ1v) is 7.45. The van der Waals surface area contributed by atoms with Gasteiger partial charge in [0.2, 0.25) is 5.91 Å². The molecule has 4 nitrogen and oxygen atoms in total. The molecule has 1 aliphatic heterocycles. The Balaban J connectivity index is 2.06. The molecule has 0 saturated carbocycles. The van der Waals surface area contributed by atoms with Crippen LogP contribution < -0.4 is 0 Å². The number of hydrogen-bond acceptors (Lipinski definition) is 3. The van der Waals surface area contributed by atoms with Crippen molar-refractivity contribution in [2.45, 2.75) is 18.8 Å². The van der Waals surface area contributed by atoms with Crippen molar-refractivity contribution in [1.82, 2.24) is 4.90 Å². The van der Waals surface area contributed by atoms with Gasteiger partial charge in [0.15, 0.2) is 5.78 Å². The fourth-order valence-electron chi connectivity index (χ4n) is 3.13. The van der Waals surface area contributed by atoms with Crippen molar-refractivity contribution in [3.63, 3.8) is 0 Å². The van der Waals surface area contributed by atoms with E-state index in [4.69, 9.17) is 0 Å². The summed E-state index contributed by atoms with van der Waals surface area (Å²) in [5, 5.41) is 0. The van der Waals surface area contributed by atoms with Gasteiger partial charge in [0.25, 0.3) is 5.91 Å². The first kappa shape index (κ1) is 15.2. The van der Waals surface area contributed by atoms with E-state index in [1.165, 1.54) is 7.05 Å². The number of Topliss-reactive ketones (excluding diaryl/α,β-unsaturated/α-hetero) is 1. The number of rotatable bonds is 3. The van der Waals surface area contributed by atoms with Crippen LogP contribution in [0.1, 0.15) is 39.6 Å². The van der Waals surface area contributed by atoms with E-state index in [2.05, 4.69) is 0 Å². The lowest BCUT2D eigenvalue weighted by molar-refractivity contribution is -0.133. The van der Waals surface area contributed by atoms with Crippen LogP contribution in [0.2, 0.25) is 0 Å². The third-order valence-electron chi connectivity index (χ3n) is 4.44. The number of carbonyl (C=O) groups excluding carboxylic acids is 3. The Morgan fingerprint density at radius 3 is 2.30 bits per heavy atom. The van der Waals surface area contributed by atoms with Gasteiger partial charge in [-0.3, -0.25) is 19.3 Å². The number of nitrogens with zero attached hydrogens (tertiary/aromatic N) is 1. The highest BCUT2D eigenvalue weighted by Crippen LogP contribution is 2.37. The van der Waals surface area contributed by atoms with Crippen LogP contribution >= 0.6 is 0 Å². The molecular weight excluding hydrogens is 290 g/mol. The summed E-state index contributed by atoms with van der Waals surface area (Å²) in [6.45, 7) is 1.73. The smallest absolute Gasteiger partial charge is 0.260 e. The van der Waals surface area contributed by atoms with Crippen molar-refractivity contribution in [3.8, 4) is 0 Å². The first-order chi connectivity index (χ1) is 10.9. The van der Waals surface area contributed by atoms with Gasteiger partial charge < -0.3 is 0 Å². The van der Waals surface area contributed by atoms with Crippen LogP contribution in [0.15, 0.2) is 54.6 Å². The predicted molar refractivity (Wildman–Crippen MR) is 86.3 cm³/mol. The summed E-state index contributed by atoms with van der Waals surface area (Å²) in [4.78, 5) is 38.7. The predicted octanol–water partition coefficient (Wildman–Crippen LogP) is 2.83. The van der Waals surface area contributed by atoms with Crippen molar-refractivity contribution >= 4 is 17.6 Å². The molecule has 23 heavy (non-hydrogen) atoms. The van der Waals surface area contributed by atoms with E-state index < -0.39 is 5.41 Å². The zero-order valence-electron chi connectivity index (χ0n) is 13.1. The lowest BCUT2D eigenvalue weighted by atomic mass is 9.72. The second-order valence-corrected chi connectivity index (χ2v) is 6.01. The van der Waals surface area contributed by atoms with E-state index in [9.17, 15) is 14.4 Å². The van der Waals surface area contributed by atoms with Crippen molar-refractivity contribution in [2.24, 2.45) is 0 Å². The summed E-state index contributed by atoms with van der Waals surface area (Å²) in [7, 11) is 1.46. The minimum Gasteiger partial charge on any atom is -0.294 e. The van der Waals surface area contributed by atoms with Crippen LogP contribution in [0.3, 0.4) is 0 Å². The molecule has 0 aliphatic carbocycles. The standard InChI is InChI=1S/C19H17NO3/c1-19(12-16(21)13-8-4-3-5-9-13)15-11-7-6-10-14(15)17(22)20(2)18(19)23/h3-11H,12H2,1-2H3/t19-/m0/s1. The number of amides is 2. The van der Waals surface area contributed by atoms with Gasteiger partial charge >= 0.3 is 0 Å². The maximum absolute atomic E-state index is 12.7. The summed E-state index contributed by atoms with van der Waals surface area (Å²) in [6.07, 6.45) is 0.0322. The Hall–Kier alpha value is -2.75. The second kappa shape index (κ2) is 5.47. The first-order valence-electron chi connectivity index (χ1n) is 7.45. The summed E-state index contributed by atoms with van der Waals surface area (Å²) in [6, 6.07) is 15.9. The summed E-state index contributed by atoms with van der Waals surface area (Å²) in [5.74, 6) is -0.778. The number of fused-ring (bicyclic) bond motifs is 1. The van der Waals surface area contributed by atoms with E-state index in [0.29, 0.717) is 16.7 Å². The van der Waals surface area contributed by atoms with Gasteiger partial charge in [0.05, 0.1) is 5.41 Å². The third-order valence-corrected chi connectivity index (χ3v) is 4.44. The Bertz CT molecular complexity index is 797. The molecule has 0 fully saturated rings. The molecule has 0 saturated heterocycles. The number of hydrogen-bond donors (Lipinski definition) is 0. The summed E-state index contributed by atoms with van der Waals surface area (Å²) < 4.78 is 0. The molecule has 1 heterocycles. The molecule has 0 aromatic heterocycles. The Kier molecular flexibility index (Phi) is 3.60. The molecule has 0 radical (unpaired) electrons. The van der Waals surface area contributed by atoms with Crippen molar-refractivity contribution in [2.75, 3.05) is 7.05 Å². The molecule has 3 rings (SSSR count). The molecule has 0 spiro atoms. The molecule has 0 unspecified atom stereocenters. The van der Waals surface area contributed by atoms with Crippen LogP contribution in [-0.4, -0.2) is 29.5 Å². The number of imide groups is 1. The van der Waals surface area contributed by atoms with E-state index in [0.717, 1.165) is 4.90 Å². The number of likely N-dealkylation sites (N-methyl/N-ethyl adjacent to an activating group) is 1. The SMILES string of the molecule is CN1C(=O)c2ccccc2[C@](C)(CC(=O)c2ccccc2)C1=O. The Morgan fingerprint density at radius 2 is 1.61 bits per heavy atom. The second-order valence-electron chi connectivity index (χ2n) is 6.01. The fraction of sp³-hybridized carbons (Fsp3) is 0.211. The van der Waals surface area contributed by atoms with Crippen molar-refractivity contribution < 1.29 is 14.4 Å². The molecule has 1 aliphatic rings. The van der Waals surface area contributed by atoms with Gasteiger partial charge in [-0.05, 0) is 18.6 Å². The van der Waals surface area contributed by atoms with Crippen molar-refractivity contribution in [1.29, 1.82) is 0 Å². The van der Waals surface area contributed by atoms with Gasteiger partial charge in [0.1, 0.15) is 0 Å². The molecule has 4 heteroatoms. The van der Waals surface area contributed by atoms with Gasteiger partial charge in [0, 0.05) is 24.6 Å².